The van der Waals surface area contributed by atoms with E-state index in [0.29, 0.717) is 24.2 Å². The molecule has 4 fully saturated rings. The molecule has 6 N–H and O–H groups in total. The predicted molar refractivity (Wildman–Crippen MR) is 84.2 cm³/mol. The maximum absolute atomic E-state index is 10.6. The summed E-state index contributed by atoms with van der Waals surface area (Å²) in [6.07, 6.45) is 7.72. The molecule has 6 atom stereocenters. The van der Waals surface area contributed by atoms with Crippen LogP contribution in [0.3, 0.4) is 0 Å². The Morgan fingerprint density at radius 1 is 0.545 bits per heavy atom. The second-order valence-corrected chi connectivity index (χ2v) is 7.60. The Labute approximate surface area is 132 Å². The highest BCUT2D eigenvalue weighted by Crippen LogP contribution is 2.26. The Balaban J connectivity index is 1.35. The summed E-state index contributed by atoms with van der Waals surface area (Å²) in [5.74, 6) is 0. The summed E-state index contributed by atoms with van der Waals surface area (Å²) >= 11 is 0. The molecule has 6 heteroatoms. The van der Waals surface area contributed by atoms with Crippen LogP contribution in [0.5, 0.6) is 0 Å². The van der Waals surface area contributed by atoms with Gasteiger partial charge in [-0.15, -0.1) is 0 Å². The van der Waals surface area contributed by atoms with Crippen molar-refractivity contribution in [2.24, 2.45) is 0 Å². The highest BCUT2D eigenvalue weighted by molar-refractivity contribution is 5.03. The van der Waals surface area contributed by atoms with Crippen LogP contribution in [0.15, 0.2) is 0 Å². The first-order chi connectivity index (χ1) is 10.7. The van der Waals surface area contributed by atoms with E-state index >= 15 is 0 Å². The largest absolute Gasteiger partial charge is 0.387 e. The minimum Gasteiger partial charge on any atom is -0.387 e. The number of aliphatic hydroxyl groups is 2. The molecular weight excluding hydrogens is 280 g/mol. The zero-order valence-corrected chi connectivity index (χ0v) is 13.2. The van der Waals surface area contributed by atoms with Gasteiger partial charge in [-0.3, -0.25) is 21.3 Å². The van der Waals surface area contributed by atoms with Crippen molar-refractivity contribution in [1.82, 2.24) is 21.3 Å². The van der Waals surface area contributed by atoms with E-state index < -0.39 is 12.2 Å². The van der Waals surface area contributed by atoms with Gasteiger partial charge in [0.2, 0.25) is 0 Å². The molecule has 0 aromatic carbocycles. The van der Waals surface area contributed by atoms with Gasteiger partial charge in [0.05, 0.1) is 12.3 Å². The predicted octanol–water partition coefficient (Wildman–Crippen LogP) is -0.632. The van der Waals surface area contributed by atoms with E-state index in [1.807, 2.05) is 0 Å². The second-order valence-electron chi connectivity index (χ2n) is 7.60. The molecule has 4 aliphatic rings. The molecule has 4 rings (SSSR count). The minimum absolute atomic E-state index is 0.200. The van der Waals surface area contributed by atoms with Gasteiger partial charge in [-0.05, 0) is 25.7 Å². The molecule has 0 spiro atoms. The monoisotopic (exact) mass is 310 g/mol. The van der Waals surface area contributed by atoms with Crippen LogP contribution in [0.4, 0.5) is 0 Å². The van der Waals surface area contributed by atoms with Crippen LogP contribution >= 0.6 is 0 Å². The van der Waals surface area contributed by atoms with E-state index in [-0.39, 0.29) is 12.3 Å². The molecule has 6 unspecified atom stereocenters. The lowest BCUT2D eigenvalue weighted by Crippen LogP contribution is -2.58. The first kappa shape index (κ1) is 15.3. The average Bonchev–Trinajstić information content (AvgIpc) is 3.16. The number of hydrogen-bond donors (Lipinski definition) is 6. The van der Waals surface area contributed by atoms with E-state index in [0.717, 1.165) is 0 Å². The number of hydrogen-bond acceptors (Lipinski definition) is 6. The smallest absolute Gasteiger partial charge is 0.111 e. The molecule has 0 aromatic heterocycles. The van der Waals surface area contributed by atoms with Crippen molar-refractivity contribution >= 4 is 0 Å². The zero-order valence-electron chi connectivity index (χ0n) is 13.2. The molecule has 2 heterocycles. The summed E-state index contributed by atoms with van der Waals surface area (Å²) in [5.41, 5.74) is 0. The first-order valence-corrected chi connectivity index (χ1v) is 9.13. The fraction of sp³-hybridized carbons (Fsp3) is 1.00. The van der Waals surface area contributed by atoms with Crippen LogP contribution in [0.25, 0.3) is 0 Å². The number of nitrogens with one attached hydrogen (secondary N) is 4. The Hall–Kier alpha value is -0.240. The minimum atomic E-state index is -0.796. The van der Waals surface area contributed by atoms with E-state index in [9.17, 15) is 10.2 Å². The van der Waals surface area contributed by atoms with E-state index in [1.165, 1.54) is 51.4 Å². The van der Waals surface area contributed by atoms with Crippen LogP contribution in [0.2, 0.25) is 0 Å². The number of fused-ring (bicyclic) bond motifs is 2. The van der Waals surface area contributed by atoms with Gasteiger partial charge in [0.15, 0.2) is 0 Å². The van der Waals surface area contributed by atoms with Crippen molar-refractivity contribution in [3.63, 3.8) is 0 Å². The van der Waals surface area contributed by atoms with Crippen molar-refractivity contribution in [1.29, 1.82) is 0 Å². The average molecular weight is 310 g/mol. The van der Waals surface area contributed by atoms with Crippen molar-refractivity contribution in [2.45, 2.75) is 100 Å². The van der Waals surface area contributed by atoms with Crippen molar-refractivity contribution in [3.8, 4) is 0 Å². The molecule has 0 amide bonds. The van der Waals surface area contributed by atoms with Gasteiger partial charge in [-0.1, -0.05) is 25.7 Å². The fourth-order valence-electron chi connectivity index (χ4n) is 4.87. The number of rotatable bonds is 3. The highest BCUT2D eigenvalue weighted by atomic mass is 16.3. The molecule has 126 valence electrons. The lowest BCUT2D eigenvalue weighted by atomic mass is 9.92. The fourth-order valence-corrected chi connectivity index (χ4v) is 4.87. The number of aliphatic hydroxyl groups excluding tert-OH is 2. The second kappa shape index (κ2) is 6.34. The lowest BCUT2D eigenvalue weighted by molar-refractivity contribution is -0.0276. The van der Waals surface area contributed by atoms with Crippen molar-refractivity contribution in [3.05, 3.63) is 0 Å². The summed E-state index contributed by atoms with van der Waals surface area (Å²) in [4.78, 5) is 0. The Kier molecular flexibility index (Phi) is 4.41. The molecule has 0 aromatic rings. The van der Waals surface area contributed by atoms with Gasteiger partial charge in [0.1, 0.15) is 12.2 Å². The maximum Gasteiger partial charge on any atom is 0.111 e. The van der Waals surface area contributed by atoms with Crippen LogP contribution in [-0.2, 0) is 0 Å². The summed E-state index contributed by atoms with van der Waals surface area (Å²) in [6, 6.07) is 1.81. The molecule has 0 radical (unpaired) electrons. The van der Waals surface area contributed by atoms with Crippen LogP contribution in [-0.4, -0.2) is 58.9 Å². The van der Waals surface area contributed by atoms with E-state index in [1.54, 1.807) is 0 Å². The molecule has 2 aliphatic carbocycles. The topological polar surface area (TPSA) is 88.6 Å². The summed E-state index contributed by atoms with van der Waals surface area (Å²) < 4.78 is 0. The van der Waals surface area contributed by atoms with E-state index in [4.69, 9.17) is 0 Å². The summed E-state index contributed by atoms with van der Waals surface area (Å²) in [7, 11) is 0. The highest BCUT2D eigenvalue weighted by Gasteiger charge is 2.44. The normalized spacial score (nSPS) is 47.7. The van der Waals surface area contributed by atoms with E-state index in [2.05, 4.69) is 21.3 Å². The molecule has 0 bridgehead atoms. The molecular formula is C16H30N4O2. The van der Waals surface area contributed by atoms with Crippen molar-refractivity contribution in [2.75, 3.05) is 0 Å². The van der Waals surface area contributed by atoms with Gasteiger partial charge in [-0.2, -0.15) is 0 Å². The van der Waals surface area contributed by atoms with Gasteiger partial charge in [-0.25, -0.2) is 0 Å². The lowest BCUT2D eigenvalue weighted by Gasteiger charge is -2.28. The Morgan fingerprint density at radius 2 is 0.818 bits per heavy atom. The summed E-state index contributed by atoms with van der Waals surface area (Å²) in [6.45, 7) is 0. The van der Waals surface area contributed by atoms with Crippen LogP contribution in [0.1, 0.15) is 51.4 Å². The zero-order chi connectivity index (χ0) is 15.1. The maximum atomic E-state index is 10.6. The first-order valence-electron chi connectivity index (χ1n) is 9.13. The van der Waals surface area contributed by atoms with Gasteiger partial charge in [0.25, 0.3) is 0 Å². The SMILES string of the molecule is OC(C1NC2CCCCC2N1)C(O)C1NC2CCCCC2N1. The molecule has 2 saturated heterocycles. The standard InChI is InChI=1S/C16H30N4O2/c21-13(15-17-9-5-1-2-6-10(9)18-15)14(22)16-19-11-7-3-4-8-12(11)20-16/h9-22H,1-8H2. The van der Waals surface area contributed by atoms with Crippen LogP contribution in [0, 0.1) is 0 Å². The third-order valence-electron chi connectivity index (χ3n) is 6.14. The molecule has 2 saturated carbocycles. The van der Waals surface area contributed by atoms with Crippen molar-refractivity contribution < 1.29 is 10.2 Å². The van der Waals surface area contributed by atoms with Gasteiger partial charge >= 0.3 is 0 Å². The molecule has 2 aliphatic heterocycles. The molecule has 6 nitrogen and oxygen atoms in total. The van der Waals surface area contributed by atoms with Gasteiger partial charge < -0.3 is 10.2 Å². The Morgan fingerprint density at radius 3 is 1.09 bits per heavy atom. The van der Waals surface area contributed by atoms with Crippen LogP contribution < -0.4 is 21.3 Å². The van der Waals surface area contributed by atoms with Gasteiger partial charge in [0, 0.05) is 24.2 Å². The quantitative estimate of drug-likeness (QED) is 0.416. The third-order valence-corrected chi connectivity index (χ3v) is 6.14. The Bertz CT molecular complexity index is 332. The summed E-state index contributed by atoms with van der Waals surface area (Å²) in [5, 5.41) is 35.1. The molecule has 22 heavy (non-hydrogen) atoms. The third kappa shape index (κ3) is 2.81.